The van der Waals surface area contributed by atoms with Gasteiger partial charge in [0.2, 0.25) is 0 Å². The van der Waals surface area contributed by atoms with Crippen LogP contribution in [-0.4, -0.2) is 23.8 Å². The molecule has 0 radical (unpaired) electrons. The summed E-state index contributed by atoms with van der Waals surface area (Å²) in [5.74, 6) is 1.46. The first-order valence-electron chi connectivity index (χ1n) is 5.27. The maximum absolute atomic E-state index is 9.12. The van der Waals surface area contributed by atoms with E-state index in [0.717, 1.165) is 17.9 Å². The molecule has 1 aromatic carbocycles. The van der Waals surface area contributed by atoms with Crippen LogP contribution in [0.15, 0.2) is 18.2 Å². The van der Waals surface area contributed by atoms with Crippen molar-refractivity contribution in [2.24, 2.45) is 5.92 Å². The lowest BCUT2D eigenvalue weighted by Crippen LogP contribution is -2.32. The van der Waals surface area contributed by atoms with Crippen molar-refractivity contribution in [1.82, 2.24) is 0 Å². The molecule has 2 N–H and O–H groups in total. The molecule has 0 atom stereocenters. The van der Waals surface area contributed by atoms with Gasteiger partial charge < -0.3 is 14.8 Å². The Morgan fingerprint density at radius 1 is 1.40 bits per heavy atom. The number of benzene rings is 1. The van der Waals surface area contributed by atoms with Crippen LogP contribution in [0, 0.1) is 12.8 Å². The van der Waals surface area contributed by atoms with E-state index in [0.29, 0.717) is 11.4 Å². The molecule has 0 amide bonds. The van der Waals surface area contributed by atoms with Crippen LogP contribution >= 0.6 is 0 Å². The van der Waals surface area contributed by atoms with Crippen LogP contribution < -0.4 is 10.2 Å². The molecule has 0 aliphatic heterocycles. The molecule has 4 heteroatoms. The van der Waals surface area contributed by atoms with Crippen LogP contribution in [0.5, 0.6) is 5.75 Å². The summed E-state index contributed by atoms with van der Waals surface area (Å²) < 4.78 is 5.63. The van der Waals surface area contributed by atoms with Gasteiger partial charge in [0.1, 0.15) is 5.75 Å². The van der Waals surface area contributed by atoms with Crippen molar-refractivity contribution in [1.29, 1.82) is 0 Å². The van der Waals surface area contributed by atoms with E-state index >= 15 is 0 Å². The highest BCUT2D eigenvalue weighted by Crippen LogP contribution is 2.29. The molecule has 3 nitrogen and oxygen atoms in total. The minimum Gasteiger partial charge on any atom is -0.493 e. The predicted molar refractivity (Wildman–Crippen MR) is 59.2 cm³/mol. The molecule has 0 unspecified atom stereocenters. The Bertz CT molecular complexity index is 348. The van der Waals surface area contributed by atoms with Crippen LogP contribution in [0.25, 0.3) is 0 Å². The molecule has 0 saturated heterocycles. The summed E-state index contributed by atoms with van der Waals surface area (Å²) in [7, 11) is -1.42. The lowest BCUT2D eigenvalue weighted by molar-refractivity contribution is 0.298. The summed E-state index contributed by atoms with van der Waals surface area (Å²) >= 11 is 0. The Labute approximate surface area is 89.8 Å². The van der Waals surface area contributed by atoms with Crippen molar-refractivity contribution in [3.05, 3.63) is 23.8 Å². The zero-order chi connectivity index (χ0) is 10.8. The van der Waals surface area contributed by atoms with Crippen molar-refractivity contribution < 1.29 is 14.8 Å². The summed E-state index contributed by atoms with van der Waals surface area (Å²) in [6, 6.07) is 5.34. The van der Waals surface area contributed by atoms with Gasteiger partial charge >= 0.3 is 7.12 Å². The Hall–Kier alpha value is -0.995. The molecule has 0 aromatic heterocycles. The largest absolute Gasteiger partial charge is 0.493 e. The molecule has 0 spiro atoms. The number of ether oxygens (including phenoxy) is 1. The standard InChI is InChI=1S/C11H15BO3/c1-8-10(12(13)14)3-2-4-11(8)15-7-9-5-6-9/h2-4,9,13-14H,5-7H2,1H3. The first-order valence-corrected chi connectivity index (χ1v) is 5.27. The highest BCUT2D eigenvalue weighted by atomic mass is 16.5. The summed E-state index contributed by atoms with van der Waals surface area (Å²) in [6.45, 7) is 2.59. The highest BCUT2D eigenvalue weighted by molar-refractivity contribution is 6.59. The molecule has 2 rings (SSSR count). The molecular formula is C11H15BO3. The summed E-state index contributed by atoms with van der Waals surface area (Å²) in [5.41, 5.74) is 1.33. The van der Waals surface area contributed by atoms with E-state index in [1.807, 2.05) is 13.0 Å². The number of hydrogen-bond acceptors (Lipinski definition) is 3. The van der Waals surface area contributed by atoms with E-state index in [-0.39, 0.29) is 0 Å². The Kier molecular flexibility index (Phi) is 2.98. The van der Waals surface area contributed by atoms with Gasteiger partial charge in [-0.1, -0.05) is 12.1 Å². The first kappa shape index (κ1) is 10.5. The van der Waals surface area contributed by atoms with E-state index in [2.05, 4.69) is 0 Å². The average Bonchev–Trinajstić information content (AvgIpc) is 2.99. The SMILES string of the molecule is Cc1c(OCC2CC2)cccc1B(O)O. The molecule has 1 saturated carbocycles. The lowest BCUT2D eigenvalue weighted by Gasteiger charge is -2.11. The zero-order valence-electron chi connectivity index (χ0n) is 8.81. The first-order chi connectivity index (χ1) is 7.18. The molecule has 1 fully saturated rings. The van der Waals surface area contributed by atoms with Gasteiger partial charge in [0, 0.05) is 0 Å². The van der Waals surface area contributed by atoms with Gasteiger partial charge in [-0.15, -0.1) is 0 Å². The van der Waals surface area contributed by atoms with Gasteiger partial charge in [-0.05, 0) is 42.8 Å². The van der Waals surface area contributed by atoms with Crippen LogP contribution in [0.3, 0.4) is 0 Å². The molecule has 15 heavy (non-hydrogen) atoms. The van der Waals surface area contributed by atoms with E-state index < -0.39 is 7.12 Å². The van der Waals surface area contributed by atoms with Crippen molar-refractivity contribution >= 4 is 12.6 Å². The summed E-state index contributed by atoms with van der Waals surface area (Å²) in [6.07, 6.45) is 2.50. The van der Waals surface area contributed by atoms with Gasteiger partial charge in [-0.3, -0.25) is 0 Å². The second-order valence-electron chi connectivity index (χ2n) is 4.10. The molecule has 1 aliphatic rings. The number of rotatable bonds is 4. The molecule has 0 bridgehead atoms. The quantitative estimate of drug-likeness (QED) is 0.703. The third-order valence-corrected chi connectivity index (χ3v) is 2.78. The van der Waals surface area contributed by atoms with E-state index in [9.17, 15) is 0 Å². The van der Waals surface area contributed by atoms with Crippen LogP contribution in [0.2, 0.25) is 0 Å². The molecule has 80 valence electrons. The normalized spacial score (nSPS) is 15.1. The van der Waals surface area contributed by atoms with Crippen LogP contribution in [0.4, 0.5) is 0 Å². The van der Waals surface area contributed by atoms with E-state index in [1.165, 1.54) is 12.8 Å². The topological polar surface area (TPSA) is 49.7 Å². The smallest absolute Gasteiger partial charge is 0.488 e. The molecule has 0 heterocycles. The van der Waals surface area contributed by atoms with Gasteiger partial charge in [-0.25, -0.2) is 0 Å². The molecule has 1 aliphatic carbocycles. The maximum atomic E-state index is 9.12. The van der Waals surface area contributed by atoms with Gasteiger partial charge in [0.25, 0.3) is 0 Å². The van der Waals surface area contributed by atoms with Crippen molar-refractivity contribution in [3.8, 4) is 5.75 Å². The summed E-state index contributed by atoms with van der Waals surface area (Å²) in [5, 5.41) is 18.2. The third-order valence-electron chi connectivity index (χ3n) is 2.78. The molecule has 1 aromatic rings. The predicted octanol–water partition coefficient (Wildman–Crippen LogP) is 0.464. The second kappa shape index (κ2) is 4.25. The van der Waals surface area contributed by atoms with Gasteiger partial charge in [-0.2, -0.15) is 0 Å². The van der Waals surface area contributed by atoms with E-state index in [1.54, 1.807) is 12.1 Å². The zero-order valence-corrected chi connectivity index (χ0v) is 8.81. The van der Waals surface area contributed by atoms with Crippen molar-refractivity contribution in [2.75, 3.05) is 6.61 Å². The fourth-order valence-electron chi connectivity index (χ4n) is 1.56. The second-order valence-corrected chi connectivity index (χ2v) is 4.10. The highest BCUT2D eigenvalue weighted by Gasteiger charge is 2.23. The Morgan fingerprint density at radius 2 is 2.13 bits per heavy atom. The monoisotopic (exact) mass is 206 g/mol. The van der Waals surface area contributed by atoms with Crippen molar-refractivity contribution in [3.63, 3.8) is 0 Å². The van der Waals surface area contributed by atoms with Crippen molar-refractivity contribution in [2.45, 2.75) is 19.8 Å². The maximum Gasteiger partial charge on any atom is 0.488 e. The minimum absolute atomic E-state index is 0.517. The third kappa shape index (κ3) is 2.52. The molecular weight excluding hydrogens is 191 g/mol. The Balaban J connectivity index is 2.11. The number of hydrogen-bond donors (Lipinski definition) is 2. The lowest BCUT2D eigenvalue weighted by atomic mass is 9.77. The fraction of sp³-hybridized carbons (Fsp3) is 0.455. The van der Waals surface area contributed by atoms with Gasteiger partial charge in [0.15, 0.2) is 0 Å². The van der Waals surface area contributed by atoms with E-state index in [4.69, 9.17) is 14.8 Å². The average molecular weight is 206 g/mol. The summed E-state index contributed by atoms with van der Waals surface area (Å²) in [4.78, 5) is 0. The van der Waals surface area contributed by atoms with Gasteiger partial charge in [0.05, 0.1) is 6.61 Å². The fourth-order valence-corrected chi connectivity index (χ4v) is 1.56. The Morgan fingerprint density at radius 3 is 2.73 bits per heavy atom. The van der Waals surface area contributed by atoms with Crippen LogP contribution in [-0.2, 0) is 0 Å². The minimum atomic E-state index is -1.42. The van der Waals surface area contributed by atoms with Crippen LogP contribution in [0.1, 0.15) is 18.4 Å².